The van der Waals surface area contributed by atoms with Crippen molar-refractivity contribution in [1.82, 2.24) is 10.2 Å². The molecule has 0 heterocycles. The van der Waals surface area contributed by atoms with E-state index in [1.165, 1.54) is 17.0 Å². The van der Waals surface area contributed by atoms with Gasteiger partial charge in [-0.2, -0.15) is 0 Å². The van der Waals surface area contributed by atoms with Crippen molar-refractivity contribution in [2.45, 2.75) is 32.9 Å². The second-order valence-corrected chi connectivity index (χ2v) is 8.03. The molecular formula is C27H29FN2O3. The van der Waals surface area contributed by atoms with Crippen LogP contribution in [0.5, 0.6) is 5.75 Å². The van der Waals surface area contributed by atoms with E-state index in [1.54, 1.807) is 19.2 Å². The van der Waals surface area contributed by atoms with Crippen LogP contribution < -0.4 is 10.1 Å². The molecule has 0 unspecified atom stereocenters. The number of carbonyl (C=O) groups is 2. The van der Waals surface area contributed by atoms with Gasteiger partial charge in [-0.3, -0.25) is 9.59 Å². The Morgan fingerprint density at radius 3 is 2.30 bits per heavy atom. The number of hydrogen-bond donors (Lipinski definition) is 1. The summed E-state index contributed by atoms with van der Waals surface area (Å²) >= 11 is 0. The zero-order valence-electron chi connectivity index (χ0n) is 19.2. The van der Waals surface area contributed by atoms with E-state index in [0.717, 1.165) is 22.3 Å². The maximum Gasteiger partial charge on any atom is 0.261 e. The Labute approximate surface area is 194 Å². The van der Waals surface area contributed by atoms with E-state index in [1.807, 2.05) is 62.4 Å². The molecule has 0 fully saturated rings. The Kier molecular flexibility index (Phi) is 8.19. The van der Waals surface area contributed by atoms with Crippen molar-refractivity contribution < 1.29 is 18.7 Å². The molecule has 0 aliphatic carbocycles. The van der Waals surface area contributed by atoms with Gasteiger partial charge >= 0.3 is 0 Å². The smallest absolute Gasteiger partial charge is 0.261 e. The fraction of sp³-hybridized carbons (Fsp3) is 0.259. The maximum absolute atomic E-state index is 13.4. The third-order valence-electron chi connectivity index (χ3n) is 5.47. The predicted octanol–water partition coefficient (Wildman–Crippen LogP) is 4.21. The van der Waals surface area contributed by atoms with Crippen LogP contribution in [0.2, 0.25) is 0 Å². The molecule has 0 bridgehead atoms. The predicted molar refractivity (Wildman–Crippen MR) is 126 cm³/mol. The normalized spacial score (nSPS) is 11.5. The van der Waals surface area contributed by atoms with Crippen molar-refractivity contribution in [3.05, 3.63) is 101 Å². The fourth-order valence-electron chi connectivity index (χ4n) is 3.69. The standard InChI is InChI=1S/C27H29FN2O3/c1-19-9-14-25(20(2)15-19)33-18-26(31)30(17-22-10-12-23(28)13-11-22)24(27(32)29-3)16-21-7-5-4-6-8-21/h4-15,24H,16-18H2,1-3H3,(H,29,32)/t24-/m0/s1. The second-order valence-electron chi connectivity index (χ2n) is 8.03. The van der Waals surface area contributed by atoms with Crippen LogP contribution in [0.3, 0.4) is 0 Å². The summed E-state index contributed by atoms with van der Waals surface area (Å²) in [6.07, 6.45) is 0.344. The van der Waals surface area contributed by atoms with Gasteiger partial charge in [0, 0.05) is 20.0 Å². The molecule has 1 atom stereocenters. The molecule has 3 aromatic carbocycles. The third kappa shape index (κ3) is 6.65. The molecule has 172 valence electrons. The van der Waals surface area contributed by atoms with E-state index in [2.05, 4.69) is 5.32 Å². The van der Waals surface area contributed by atoms with Gasteiger partial charge in [0.1, 0.15) is 17.6 Å². The van der Waals surface area contributed by atoms with Gasteiger partial charge in [0.05, 0.1) is 0 Å². The highest BCUT2D eigenvalue weighted by Crippen LogP contribution is 2.20. The summed E-state index contributed by atoms with van der Waals surface area (Å²) < 4.78 is 19.2. The zero-order chi connectivity index (χ0) is 23.8. The highest BCUT2D eigenvalue weighted by molar-refractivity contribution is 5.88. The van der Waals surface area contributed by atoms with Gasteiger partial charge in [0.15, 0.2) is 6.61 Å². The Morgan fingerprint density at radius 1 is 0.970 bits per heavy atom. The Morgan fingerprint density at radius 2 is 1.67 bits per heavy atom. The first-order valence-electron chi connectivity index (χ1n) is 10.9. The van der Waals surface area contributed by atoms with Crippen LogP contribution in [-0.4, -0.2) is 36.4 Å². The molecule has 0 radical (unpaired) electrons. The number of nitrogens with one attached hydrogen (secondary N) is 1. The van der Waals surface area contributed by atoms with Crippen molar-refractivity contribution in [2.24, 2.45) is 0 Å². The number of halogens is 1. The summed E-state index contributed by atoms with van der Waals surface area (Å²) in [5, 5.41) is 2.67. The molecule has 0 aromatic heterocycles. The molecular weight excluding hydrogens is 419 g/mol. The fourth-order valence-corrected chi connectivity index (χ4v) is 3.69. The third-order valence-corrected chi connectivity index (χ3v) is 5.47. The Balaban J connectivity index is 1.87. The Bertz CT molecular complexity index is 1080. The molecule has 0 spiro atoms. The van der Waals surface area contributed by atoms with E-state index in [0.29, 0.717) is 12.2 Å². The molecule has 0 saturated heterocycles. The average Bonchev–Trinajstić information content (AvgIpc) is 2.82. The highest BCUT2D eigenvalue weighted by Gasteiger charge is 2.30. The van der Waals surface area contributed by atoms with E-state index < -0.39 is 6.04 Å². The van der Waals surface area contributed by atoms with Crippen molar-refractivity contribution in [2.75, 3.05) is 13.7 Å². The molecule has 33 heavy (non-hydrogen) atoms. The van der Waals surface area contributed by atoms with E-state index in [-0.39, 0.29) is 30.8 Å². The summed E-state index contributed by atoms with van der Waals surface area (Å²) in [4.78, 5) is 27.7. The van der Waals surface area contributed by atoms with Gasteiger partial charge in [0.25, 0.3) is 5.91 Å². The molecule has 6 heteroatoms. The number of ether oxygens (including phenoxy) is 1. The minimum absolute atomic E-state index is 0.153. The van der Waals surface area contributed by atoms with Crippen LogP contribution in [0.25, 0.3) is 0 Å². The number of carbonyl (C=O) groups excluding carboxylic acids is 2. The van der Waals surface area contributed by atoms with Crippen LogP contribution >= 0.6 is 0 Å². The summed E-state index contributed by atoms with van der Waals surface area (Å²) in [6, 6.07) is 20.4. The lowest BCUT2D eigenvalue weighted by Gasteiger charge is -2.31. The lowest BCUT2D eigenvalue weighted by Crippen LogP contribution is -2.51. The van der Waals surface area contributed by atoms with Gasteiger partial charge < -0.3 is 15.0 Å². The number of aryl methyl sites for hydroxylation is 2. The first-order chi connectivity index (χ1) is 15.9. The molecule has 2 amide bonds. The summed E-state index contributed by atoms with van der Waals surface area (Å²) in [5.74, 6) is -0.346. The van der Waals surface area contributed by atoms with Crippen LogP contribution in [0, 0.1) is 19.7 Å². The number of benzene rings is 3. The van der Waals surface area contributed by atoms with Crippen LogP contribution in [0.4, 0.5) is 4.39 Å². The first kappa shape index (κ1) is 24.0. The molecule has 0 aliphatic rings. The SMILES string of the molecule is CNC(=O)[C@H](Cc1ccccc1)N(Cc1ccc(F)cc1)C(=O)COc1ccc(C)cc1C. The molecule has 0 saturated carbocycles. The average molecular weight is 449 g/mol. The number of hydrogen-bond acceptors (Lipinski definition) is 3. The molecule has 3 rings (SSSR count). The first-order valence-corrected chi connectivity index (χ1v) is 10.9. The van der Waals surface area contributed by atoms with Crippen LogP contribution in [0.1, 0.15) is 22.3 Å². The second kappa shape index (κ2) is 11.3. The quantitative estimate of drug-likeness (QED) is 0.534. The van der Waals surface area contributed by atoms with Gasteiger partial charge in [-0.1, -0.05) is 60.2 Å². The number of rotatable bonds is 9. The number of likely N-dealkylation sites (N-methyl/N-ethyl adjacent to an activating group) is 1. The van der Waals surface area contributed by atoms with Crippen molar-refractivity contribution in [3.63, 3.8) is 0 Å². The molecule has 5 nitrogen and oxygen atoms in total. The summed E-state index contributed by atoms with van der Waals surface area (Å²) in [5.41, 5.74) is 3.68. The zero-order valence-corrected chi connectivity index (χ0v) is 19.2. The minimum atomic E-state index is -0.752. The summed E-state index contributed by atoms with van der Waals surface area (Å²) in [6.45, 7) is 3.85. The lowest BCUT2D eigenvalue weighted by atomic mass is 10.0. The van der Waals surface area contributed by atoms with Crippen molar-refractivity contribution >= 4 is 11.8 Å². The topological polar surface area (TPSA) is 58.6 Å². The minimum Gasteiger partial charge on any atom is -0.483 e. The lowest BCUT2D eigenvalue weighted by molar-refractivity contribution is -0.142. The van der Waals surface area contributed by atoms with Crippen LogP contribution in [-0.2, 0) is 22.6 Å². The summed E-state index contributed by atoms with van der Waals surface area (Å²) in [7, 11) is 1.55. The van der Waals surface area contributed by atoms with E-state index >= 15 is 0 Å². The van der Waals surface area contributed by atoms with E-state index in [4.69, 9.17) is 4.74 Å². The van der Waals surface area contributed by atoms with Gasteiger partial charge in [-0.15, -0.1) is 0 Å². The van der Waals surface area contributed by atoms with Gasteiger partial charge in [0.2, 0.25) is 5.91 Å². The molecule has 0 aliphatic heterocycles. The largest absolute Gasteiger partial charge is 0.483 e. The van der Waals surface area contributed by atoms with Crippen LogP contribution in [0.15, 0.2) is 72.8 Å². The Hall–Kier alpha value is -3.67. The van der Waals surface area contributed by atoms with Gasteiger partial charge in [-0.25, -0.2) is 4.39 Å². The van der Waals surface area contributed by atoms with Gasteiger partial charge in [-0.05, 0) is 48.7 Å². The maximum atomic E-state index is 13.4. The number of nitrogens with zero attached hydrogens (tertiary/aromatic N) is 1. The number of amides is 2. The highest BCUT2D eigenvalue weighted by atomic mass is 19.1. The van der Waals surface area contributed by atoms with E-state index in [9.17, 15) is 14.0 Å². The van der Waals surface area contributed by atoms with Crippen molar-refractivity contribution in [3.8, 4) is 5.75 Å². The van der Waals surface area contributed by atoms with Crippen molar-refractivity contribution in [1.29, 1.82) is 0 Å². The monoisotopic (exact) mass is 448 g/mol. The molecule has 3 aromatic rings. The molecule has 1 N–H and O–H groups in total.